The van der Waals surface area contributed by atoms with Gasteiger partial charge < -0.3 is 5.11 Å². The molecule has 1 aliphatic rings. The van der Waals surface area contributed by atoms with E-state index in [1.807, 2.05) is 24.3 Å². The average Bonchev–Trinajstić information content (AvgIpc) is 2.89. The number of nitriles is 1. The fourth-order valence-electron chi connectivity index (χ4n) is 2.98. The molecular weight excluding hydrogens is 289 g/mol. The first-order chi connectivity index (χ1) is 10.1. The van der Waals surface area contributed by atoms with E-state index in [4.69, 9.17) is 11.6 Å². The minimum atomic E-state index is -1.05. The van der Waals surface area contributed by atoms with Crippen LogP contribution in [0.2, 0.25) is 5.02 Å². The molecule has 2 aromatic rings. The Hall–Kier alpha value is -1.89. The van der Waals surface area contributed by atoms with Crippen molar-refractivity contribution in [1.29, 1.82) is 5.26 Å². The van der Waals surface area contributed by atoms with Gasteiger partial charge in [-0.05, 0) is 41.7 Å². The number of rotatable bonds is 2. The highest BCUT2D eigenvalue weighted by molar-refractivity contribution is 6.30. The van der Waals surface area contributed by atoms with E-state index in [0.717, 1.165) is 11.1 Å². The van der Waals surface area contributed by atoms with Crippen LogP contribution in [-0.2, 0) is 12.8 Å². The second-order valence-corrected chi connectivity index (χ2v) is 5.87. The van der Waals surface area contributed by atoms with E-state index in [-0.39, 0.29) is 5.02 Å². The smallest absolute Gasteiger partial charge is 0.142 e. The summed E-state index contributed by atoms with van der Waals surface area (Å²) in [7, 11) is 0. The molecule has 0 bridgehead atoms. The Balaban J connectivity index is 1.98. The summed E-state index contributed by atoms with van der Waals surface area (Å²) in [6.07, 6.45) is -0.127. The third kappa shape index (κ3) is 2.31. The molecule has 0 aromatic heterocycles. The predicted molar refractivity (Wildman–Crippen MR) is 78.3 cm³/mol. The van der Waals surface area contributed by atoms with Crippen molar-refractivity contribution in [3.05, 3.63) is 70.0 Å². The Morgan fingerprint density at radius 1 is 1.19 bits per heavy atom. The van der Waals surface area contributed by atoms with Crippen LogP contribution in [0.1, 0.15) is 22.8 Å². The molecule has 2 nitrogen and oxygen atoms in total. The summed E-state index contributed by atoms with van der Waals surface area (Å²) in [6.45, 7) is 0. The third-order valence-electron chi connectivity index (χ3n) is 4.14. The number of hydrogen-bond acceptors (Lipinski definition) is 2. The number of aliphatic hydroxyl groups is 1. The highest BCUT2D eigenvalue weighted by Crippen LogP contribution is 2.45. The van der Waals surface area contributed by atoms with Gasteiger partial charge in [-0.1, -0.05) is 41.9 Å². The number of hydrogen-bond donors (Lipinski definition) is 1. The number of benzene rings is 2. The fourth-order valence-corrected chi connectivity index (χ4v) is 3.10. The van der Waals surface area contributed by atoms with Crippen LogP contribution < -0.4 is 0 Å². The molecule has 4 heteroatoms. The SMILES string of the molecule is N#CC1(C(O)c2ccc(Cl)c(F)c2)Cc2ccccc2C1. The summed E-state index contributed by atoms with van der Waals surface area (Å²) in [4.78, 5) is 0. The van der Waals surface area contributed by atoms with Gasteiger partial charge >= 0.3 is 0 Å². The topological polar surface area (TPSA) is 44.0 Å². The summed E-state index contributed by atoms with van der Waals surface area (Å²) in [6, 6.07) is 14.2. The molecule has 3 rings (SSSR count). The molecule has 106 valence electrons. The normalized spacial score (nSPS) is 17.0. The standard InChI is InChI=1S/C17H13ClFNO/c18-14-6-5-11(7-15(14)19)16(21)17(10-20)8-12-3-1-2-4-13(12)9-17/h1-7,16,21H,8-9H2. The largest absolute Gasteiger partial charge is 0.387 e. The zero-order valence-corrected chi connectivity index (χ0v) is 11.9. The Bertz CT molecular complexity index is 713. The maximum absolute atomic E-state index is 13.6. The van der Waals surface area contributed by atoms with E-state index >= 15 is 0 Å². The second kappa shape index (κ2) is 5.14. The van der Waals surface area contributed by atoms with E-state index in [1.165, 1.54) is 12.1 Å². The predicted octanol–water partition coefficient (Wildman–Crippen LogP) is 3.82. The Morgan fingerprint density at radius 3 is 2.33 bits per heavy atom. The first kappa shape index (κ1) is 14.1. The van der Waals surface area contributed by atoms with Gasteiger partial charge in [0.2, 0.25) is 0 Å². The molecule has 0 saturated heterocycles. The molecule has 0 radical (unpaired) electrons. The third-order valence-corrected chi connectivity index (χ3v) is 4.44. The van der Waals surface area contributed by atoms with Crippen LogP contribution in [0.25, 0.3) is 0 Å². The van der Waals surface area contributed by atoms with Crippen LogP contribution in [-0.4, -0.2) is 5.11 Å². The van der Waals surface area contributed by atoms with Crippen LogP contribution in [0.15, 0.2) is 42.5 Å². The number of aliphatic hydroxyl groups excluding tert-OH is 1. The van der Waals surface area contributed by atoms with Crippen molar-refractivity contribution in [2.24, 2.45) is 5.41 Å². The lowest BCUT2D eigenvalue weighted by molar-refractivity contribution is 0.0691. The molecule has 1 aliphatic carbocycles. The van der Waals surface area contributed by atoms with E-state index < -0.39 is 17.3 Å². The lowest BCUT2D eigenvalue weighted by Gasteiger charge is -2.27. The monoisotopic (exact) mass is 301 g/mol. The van der Waals surface area contributed by atoms with Crippen LogP contribution in [0.5, 0.6) is 0 Å². The van der Waals surface area contributed by atoms with E-state index in [1.54, 1.807) is 6.07 Å². The van der Waals surface area contributed by atoms with Crippen LogP contribution >= 0.6 is 11.6 Å². The van der Waals surface area contributed by atoms with Gasteiger partial charge in [0.25, 0.3) is 0 Å². The molecule has 21 heavy (non-hydrogen) atoms. The second-order valence-electron chi connectivity index (χ2n) is 5.47. The molecular formula is C17H13ClFNO. The average molecular weight is 302 g/mol. The highest BCUT2D eigenvalue weighted by atomic mass is 35.5. The summed E-state index contributed by atoms with van der Waals surface area (Å²) in [5.74, 6) is -0.586. The molecule has 0 spiro atoms. The number of fused-ring (bicyclic) bond motifs is 1. The lowest BCUT2D eigenvalue weighted by atomic mass is 9.77. The van der Waals surface area contributed by atoms with Crippen molar-refractivity contribution in [3.63, 3.8) is 0 Å². The van der Waals surface area contributed by atoms with Gasteiger partial charge in [0.1, 0.15) is 5.82 Å². The minimum absolute atomic E-state index is 0.00617. The van der Waals surface area contributed by atoms with Gasteiger partial charge in [0, 0.05) is 0 Å². The minimum Gasteiger partial charge on any atom is -0.387 e. The van der Waals surface area contributed by atoms with Crippen molar-refractivity contribution in [3.8, 4) is 6.07 Å². The molecule has 1 atom stereocenters. The molecule has 2 aromatic carbocycles. The molecule has 0 fully saturated rings. The first-order valence-corrected chi connectivity index (χ1v) is 7.04. The molecule has 0 amide bonds. The Morgan fingerprint density at radius 2 is 1.81 bits per heavy atom. The molecule has 1 N–H and O–H groups in total. The number of nitrogens with zero attached hydrogens (tertiary/aromatic N) is 1. The van der Waals surface area contributed by atoms with Crippen LogP contribution in [0.4, 0.5) is 4.39 Å². The molecule has 0 saturated carbocycles. The zero-order valence-electron chi connectivity index (χ0n) is 11.2. The Kier molecular flexibility index (Phi) is 3.44. The van der Waals surface area contributed by atoms with Crippen molar-refractivity contribution >= 4 is 11.6 Å². The van der Waals surface area contributed by atoms with Gasteiger partial charge in [0.15, 0.2) is 0 Å². The van der Waals surface area contributed by atoms with Gasteiger partial charge in [-0.2, -0.15) is 5.26 Å². The van der Waals surface area contributed by atoms with Crippen LogP contribution in [0.3, 0.4) is 0 Å². The first-order valence-electron chi connectivity index (χ1n) is 6.67. The summed E-state index contributed by atoms with van der Waals surface area (Å²) < 4.78 is 13.6. The van der Waals surface area contributed by atoms with E-state index in [9.17, 15) is 14.8 Å². The van der Waals surface area contributed by atoms with Gasteiger partial charge in [-0.3, -0.25) is 0 Å². The maximum Gasteiger partial charge on any atom is 0.142 e. The van der Waals surface area contributed by atoms with Crippen molar-refractivity contribution < 1.29 is 9.50 Å². The Labute approximate surface area is 127 Å². The van der Waals surface area contributed by atoms with Crippen molar-refractivity contribution in [1.82, 2.24) is 0 Å². The quantitative estimate of drug-likeness (QED) is 0.916. The van der Waals surface area contributed by atoms with Gasteiger partial charge in [0.05, 0.1) is 22.6 Å². The van der Waals surface area contributed by atoms with E-state index in [2.05, 4.69) is 6.07 Å². The maximum atomic E-state index is 13.6. The zero-order chi connectivity index (χ0) is 15.0. The summed E-state index contributed by atoms with van der Waals surface area (Å²) in [5.41, 5.74) is 1.55. The highest BCUT2D eigenvalue weighted by Gasteiger charge is 2.44. The van der Waals surface area contributed by atoms with E-state index in [0.29, 0.717) is 18.4 Å². The van der Waals surface area contributed by atoms with Crippen LogP contribution in [0, 0.1) is 22.6 Å². The number of halogens is 2. The van der Waals surface area contributed by atoms with Crippen molar-refractivity contribution in [2.45, 2.75) is 18.9 Å². The van der Waals surface area contributed by atoms with Gasteiger partial charge in [-0.25, -0.2) is 4.39 Å². The van der Waals surface area contributed by atoms with Crippen molar-refractivity contribution in [2.75, 3.05) is 0 Å². The summed E-state index contributed by atoms with van der Waals surface area (Å²) in [5, 5.41) is 20.2. The lowest BCUT2D eigenvalue weighted by Crippen LogP contribution is -2.28. The molecule has 0 aliphatic heterocycles. The molecule has 0 heterocycles. The van der Waals surface area contributed by atoms with Gasteiger partial charge in [-0.15, -0.1) is 0 Å². The molecule has 1 unspecified atom stereocenters. The fraction of sp³-hybridized carbons (Fsp3) is 0.235. The summed E-state index contributed by atoms with van der Waals surface area (Å²) >= 11 is 5.66.